The first-order chi connectivity index (χ1) is 7.12. The van der Waals surface area contributed by atoms with Crippen molar-refractivity contribution in [2.75, 3.05) is 0 Å². The van der Waals surface area contributed by atoms with Crippen LogP contribution in [0.15, 0.2) is 0 Å². The lowest BCUT2D eigenvalue weighted by molar-refractivity contribution is 0.194. The average Bonchev–Trinajstić information content (AvgIpc) is 1.65. The molecular weight excluding hydrogens is 359 g/mol. The SMILES string of the molecule is O=P(O)(O)OP(=O)(O)OP(=O)(O)OP(=O)(O)O.[AlH3]. The largest absolute Gasteiger partial charge is 0.490 e. The molecule has 2 atom stereocenters. The van der Waals surface area contributed by atoms with Crippen LogP contribution >= 0.6 is 31.3 Å². The fourth-order valence-electron chi connectivity index (χ4n) is 0.429. The Kier molecular flexibility index (Phi) is 7.96. The van der Waals surface area contributed by atoms with Gasteiger partial charge in [-0.3, -0.25) is 0 Å². The minimum atomic E-state index is -5.77. The van der Waals surface area contributed by atoms with Crippen LogP contribution in [0.2, 0.25) is 0 Å². The summed E-state index contributed by atoms with van der Waals surface area (Å²) in [5.74, 6) is 0. The summed E-state index contributed by atoms with van der Waals surface area (Å²) in [4.78, 5) is 49.4. The lowest BCUT2D eigenvalue weighted by Gasteiger charge is -2.15. The Morgan fingerprint density at radius 3 is 0.944 bits per heavy atom. The van der Waals surface area contributed by atoms with Crippen LogP contribution in [0.3, 0.4) is 0 Å². The van der Waals surface area contributed by atoms with Crippen LogP contribution in [0.4, 0.5) is 0 Å². The van der Waals surface area contributed by atoms with Gasteiger partial charge in [-0.1, -0.05) is 0 Å². The minimum Gasteiger partial charge on any atom is -0.302 e. The van der Waals surface area contributed by atoms with E-state index in [0.717, 1.165) is 0 Å². The zero-order valence-corrected chi connectivity index (χ0v) is 10.9. The Morgan fingerprint density at radius 2 is 0.778 bits per heavy atom. The number of hydrogen-bond donors (Lipinski definition) is 6. The molecule has 18 heteroatoms. The summed E-state index contributed by atoms with van der Waals surface area (Å²) >= 11 is 0. The van der Waals surface area contributed by atoms with Crippen molar-refractivity contribution in [3.05, 3.63) is 0 Å². The molecule has 0 spiro atoms. The third kappa shape index (κ3) is 12.1. The molecule has 0 saturated carbocycles. The van der Waals surface area contributed by atoms with E-state index in [4.69, 9.17) is 29.4 Å². The predicted molar refractivity (Wildman–Crippen MR) is 56.9 cm³/mol. The van der Waals surface area contributed by atoms with Crippen molar-refractivity contribution in [2.24, 2.45) is 0 Å². The van der Waals surface area contributed by atoms with Crippen molar-refractivity contribution in [2.45, 2.75) is 0 Å². The van der Waals surface area contributed by atoms with Crippen LogP contribution in [0.25, 0.3) is 0 Å². The molecule has 0 aliphatic heterocycles. The van der Waals surface area contributed by atoms with E-state index in [9.17, 15) is 18.3 Å². The topological polar surface area (TPSA) is 217 Å². The fourth-order valence-corrected chi connectivity index (χ4v) is 4.40. The molecule has 0 saturated heterocycles. The lowest BCUT2D eigenvalue weighted by atomic mass is 15.7. The van der Waals surface area contributed by atoms with E-state index < -0.39 is 31.3 Å². The maximum Gasteiger partial charge on any atom is 0.490 e. The van der Waals surface area contributed by atoms with Gasteiger partial charge in [-0.25, -0.2) is 18.3 Å². The average molecular weight is 368 g/mol. The fraction of sp³-hybridized carbons (Fsp3) is 0. The highest BCUT2D eigenvalue weighted by Gasteiger charge is 2.43. The van der Waals surface area contributed by atoms with E-state index >= 15 is 0 Å². The molecule has 0 amide bonds. The monoisotopic (exact) mass is 368 g/mol. The zero-order valence-electron chi connectivity index (χ0n) is 7.33. The summed E-state index contributed by atoms with van der Waals surface area (Å²) in [6.07, 6.45) is 0. The molecule has 0 heterocycles. The van der Waals surface area contributed by atoms with Crippen LogP contribution < -0.4 is 0 Å². The molecule has 0 aromatic rings. The van der Waals surface area contributed by atoms with E-state index in [1.807, 2.05) is 0 Å². The zero-order chi connectivity index (χ0) is 14.1. The highest BCUT2D eigenvalue weighted by molar-refractivity contribution is 7.69. The summed E-state index contributed by atoms with van der Waals surface area (Å²) in [5.41, 5.74) is 0. The Bertz CT molecular complexity index is 408. The van der Waals surface area contributed by atoms with Crippen LogP contribution in [-0.4, -0.2) is 46.7 Å². The molecule has 0 aliphatic carbocycles. The number of hydrogen-bond acceptors (Lipinski definition) is 7. The van der Waals surface area contributed by atoms with Crippen LogP contribution in [0, 0.1) is 0 Å². The molecular formula is H9AlO13P4. The van der Waals surface area contributed by atoms with Gasteiger partial charge in [0.05, 0.1) is 0 Å². The van der Waals surface area contributed by atoms with Crippen molar-refractivity contribution in [1.29, 1.82) is 0 Å². The summed E-state index contributed by atoms with van der Waals surface area (Å²) in [6, 6.07) is 0. The van der Waals surface area contributed by atoms with Gasteiger partial charge in [0.2, 0.25) is 0 Å². The molecule has 18 heavy (non-hydrogen) atoms. The van der Waals surface area contributed by atoms with Crippen LogP contribution in [0.5, 0.6) is 0 Å². The van der Waals surface area contributed by atoms with E-state index in [2.05, 4.69) is 12.9 Å². The van der Waals surface area contributed by atoms with Crippen molar-refractivity contribution >= 4 is 48.7 Å². The van der Waals surface area contributed by atoms with Crippen molar-refractivity contribution in [1.82, 2.24) is 0 Å². The van der Waals surface area contributed by atoms with Gasteiger partial charge in [0.1, 0.15) is 0 Å². The first-order valence-electron chi connectivity index (χ1n) is 3.03. The van der Waals surface area contributed by atoms with Gasteiger partial charge in [-0.05, 0) is 0 Å². The molecule has 0 bridgehead atoms. The van der Waals surface area contributed by atoms with E-state index in [-0.39, 0.29) is 17.4 Å². The normalized spacial score (nSPS) is 19.4. The summed E-state index contributed by atoms with van der Waals surface area (Å²) in [7, 11) is -22.6. The molecule has 0 aliphatic rings. The Morgan fingerprint density at radius 1 is 0.556 bits per heavy atom. The van der Waals surface area contributed by atoms with Gasteiger partial charge in [0, 0.05) is 0 Å². The molecule has 6 N–H and O–H groups in total. The first-order valence-corrected chi connectivity index (χ1v) is 9.08. The maximum atomic E-state index is 10.7. The van der Waals surface area contributed by atoms with Gasteiger partial charge in [0.25, 0.3) is 0 Å². The van der Waals surface area contributed by atoms with Crippen molar-refractivity contribution < 1.29 is 60.6 Å². The third-order valence-corrected chi connectivity index (χ3v) is 5.63. The van der Waals surface area contributed by atoms with Crippen LogP contribution in [-0.2, 0) is 31.2 Å². The second kappa shape index (κ2) is 6.70. The standard InChI is InChI=1S/Al.H6O13P4.3H/c;1-14(2,3)11-16(7,8)13-17(9,10)12-15(4,5)6;;;/h;(H,7,8)(H,9,10)(H2,1,2,3)(H2,4,5,6);;;. The lowest BCUT2D eigenvalue weighted by Crippen LogP contribution is -1.95. The number of phosphoric acid groups is 4. The van der Waals surface area contributed by atoms with E-state index in [1.165, 1.54) is 0 Å². The second-order valence-electron chi connectivity index (χ2n) is 2.16. The van der Waals surface area contributed by atoms with E-state index in [0.29, 0.717) is 0 Å². The molecule has 0 aromatic heterocycles. The van der Waals surface area contributed by atoms with Crippen LogP contribution in [0.1, 0.15) is 0 Å². The highest BCUT2D eigenvalue weighted by Crippen LogP contribution is 2.69. The van der Waals surface area contributed by atoms with Gasteiger partial charge in [0.15, 0.2) is 17.4 Å². The first kappa shape index (κ1) is 21.4. The van der Waals surface area contributed by atoms with Gasteiger partial charge < -0.3 is 29.4 Å². The molecule has 0 rings (SSSR count). The summed E-state index contributed by atoms with van der Waals surface area (Å²) in [6.45, 7) is 0. The molecule has 13 nitrogen and oxygen atoms in total. The quantitative estimate of drug-likeness (QED) is 0.226. The van der Waals surface area contributed by atoms with E-state index in [1.54, 1.807) is 0 Å². The number of rotatable bonds is 6. The molecule has 2 unspecified atom stereocenters. The molecule has 0 aromatic carbocycles. The Labute approximate surface area is 110 Å². The maximum absolute atomic E-state index is 10.7. The third-order valence-electron chi connectivity index (χ3n) is 0.625. The summed E-state index contributed by atoms with van der Waals surface area (Å²) < 4.78 is 50.9. The molecule has 110 valence electrons. The van der Waals surface area contributed by atoms with Gasteiger partial charge >= 0.3 is 31.3 Å². The Hall–Kier alpha value is 1.09. The smallest absolute Gasteiger partial charge is 0.302 e. The predicted octanol–water partition coefficient (Wildman–Crippen LogP) is -1.76. The molecule has 0 fully saturated rings. The molecule has 0 radical (unpaired) electrons. The van der Waals surface area contributed by atoms with Crippen molar-refractivity contribution in [3.8, 4) is 0 Å². The van der Waals surface area contributed by atoms with Gasteiger partial charge in [-0.15, -0.1) is 0 Å². The highest BCUT2D eigenvalue weighted by atomic mass is 31.3. The Balaban J connectivity index is 0. The van der Waals surface area contributed by atoms with Crippen molar-refractivity contribution in [3.63, 3.8) is 0 Å². The summed E-state index contributed by atoms with van der Waals surface area (Å²) in [5, 5.41) is 0. The van der Waals surface area contributed by atoms with Gasteiger partial charge in [-0.2, -0.15) is 12.9 Å². The second-order valence-corrected chi connectivity index (χ2v) is 7.96. The minimum absolute atomic E-state index is 0.